The fraction of sp³-hybridized carbons (Fsp3) is 0.556. The summed E-state index contributed by atoms with van der Waals surface area (Å²) in [5, 5.41) is 2.65. The SMILES string of the molecule is CC(C)C[C@H]([NH])C(=O)Nc1ccc(OCCCCCN)c(C(N)=O)c1. The normalized spacial score (nSPS) is 12.0. The van der Waals surface area contributed by atoms with Crippen LogP contribution < -0.4 is 27.3 Å². The molecule has 6 N–H and O–H groups in total. The van der Waals surface area contributed by atoms with Crippen LogP contribution in [0.4, 0.5) is 5.69 Å². The lowest BCUT2D eigenvalue weighted by Crippen LogP contribution is -2.30. The molecule has 0 bridgehead atoms. The first-order valence-corrected chi connectivity index (χ1v) is 8.63. The zero-order valence-corrected chi connectivity index (χ0v) is 15.0. The van der Waals surface area contributed by atoms with Crippen molar-refractivity contribution < 1.29 is 14.3 Å². The van der Waals surface area contributed by atoms with Crippen molar-refractivity contribution in [2.24, 2.45) is 17.4 Å². The number of carbonyl (C=O) groups is 2. The molecule has 0 aromatic heterocycles. The molecular formula is C18H29N4O3. The largest absolute Gasteiger partial charge is 0.493 e. The van der Waals surface area contributed by atoms with E-state index in [4.69, 9.17) is 21.9 Å². The molecule has 25 heavy (non-hydrogen) atoms. The Morgan fingerprint density at radius 2 is 1.96 bits per heavy atom. The molecule has 0 fully saturated rings. The first kappa shape index (κ1) is 20.9. The fourth-order valence-electron chi connectivity index (χ4n) is 2.34. The highest BCUT2D eigenvalue weighted by Crippen LogP contribution is 2.23. The van der Waals surface area contributed by atoms with Gasteiger partial charge in [0, 0.05) is 5.69 Å². The van der Waals surface area contributed by atoms with E-state index in [1.807, 2.05) is 13.8 Å². The second kappa shape index (κ2) is 10.7. The van der Waals surface area contributed by atoms with Crippen molar-refractivity contribution in [3.05, 3.63) is 23.8 Å². The number of nitrogens with one attached hydrogen (secondary N) is 2. The quantitative estimate of drug-likeness (QED) is 0.527. The highest BCUT2D eigenvalue weighted by atomic mass is 16.5. The van der Waals surface area contributed by atoms with Crippen molar-refractivity contribution in [1.82, 2.24) is 5.73 Å². The molecular weight excluding hydrogens is 320 g/mol. The Bertz CT molecular complexity index is 575. The molecule has 0 spiro atoms. The molecule has 1 radical (unpaired) electrons. The maximum absolute atomic E-state index is 12.0. The summed E-state index contributed by atoms with van der Waals surface area (Å²) >= 11 is 0. The van der Waals surface area contributed by atoms with E-state index in [9.17, 15) is 9.59 Å². The van der Waals surface area contributed by atoms with Crippen molar-refractivity contribution in [3.63, 3.8) is 0 Å². The van der Waals surface area contributed by atoms with Crippen LogP contribution in [0.15, 0.2) is 18.2 Å². The van der Waals surface area contributed by atoms with Crippen molar-refractivity contribution in [1.29, 1.82) is 0 Å². The zero-order valence-electron chi connectivity index (χ0n) is 15.0. The predicted molar refractivity (Wildman–Crippen MR) is 98.3 cm³/mol. The van der Waals surface area contributed by atoms with Crippen molar-refractivity contribution >= 4 is 17.5 Å². The lowest BCUT2D eigenvalue weighted by atomic mass is 10.0. The summed E-state index contributed by atoms with van der Waals surface area (Å²) in [6.07, 6.45) is 3.20. The number of hydrogen-bond acceptors (Lipinski definition) is 4. The Kier molecular flexibility index (Phi) is 8.94. The second-order valence-corrected chi connectivity index (χ2v) is 6.44. The molecule has 139 valence electrons. The van der Waals surface area contributed by atoms with Crippen LogP contribution in [-0.4, -0.2) is 31.0 Å². The van der Waals surface area contributed by atoms with Crippen molar-refractivity contribution in [2.75, 3.05) is 18.5 Å². The van der Waals surface area contributed by atoms with Gasteiger partial charge in [0.05, 0.1) is 12.2 Å². The third-order valence-corrected chi connectivity index (χ3v) is 3.64. The van der Waals surface area contributed by atoms with Gasteiger partial charge < -0.3 is 21.5 Å². The van der Waals surface area contributed by atoms with E-state index in [2.05, 4.69) is 5.32 Å². The van der Waals surface area contributed by atoms with Gasteiger partial charge in [0.25, 0.3) is 5.91 Å². The van der Waals surface area contributed by atoms with Gasteiger partial charge >= 0.3 is 0 Å². The van der Waals surface area contributed by atoms with Gasteiger partial charge in [-0.15, -0.1) is 0 Å². The van der Waals surface area contributed by atoms with Gasteiger partial charge in [0.15, 0.2) is 0 Å². The minimum Gasteiger partial charge on any atom is -0.493 e. The summed E-state index contributed by atoms with van der Waals surface area (Å²) in [6, 6.07) is 3.88. The van der Waals surface area contributed by atoms with Crippen LogP contribution in [0.3, 0.4) is 0 Å². The highest BCUT2D eigenvalue weighted by Gasteiger charge is 2.17. The minimum atomic E-state index is -0.851. The number of unbranched alkanes of at least 4 members (excludes halogenated alkanes) is 2. The molecule has 7 nitrogen and oxygen atoms in total. The molecule has 1 rings (SSSR count). The lowest BCUT2D eigenvalue weighted by molar-refractivity contribution is -0.117. The number of carbonyl (C=O) groups excluding carboxylic acids is 2. The maximum atomic E-state index is 12.0. The van der Waals surface area contributed by atoms with Gasteiger partial charge in [-0.2, -0.15) is 0 Å². The van der Waals surface area contributed by atoms with Crippen molar-refractivity contribution in [2.45, 2.75) is 45.6 Å². The first-order chi connectivity index (χ1) is 11.8. The summed E-state index contributed by atoms with van der Waals surface area (Å²) in [5.74, 6) is -0.385. The Balaban J connectivity index is 2.73. The molecule has 0 aliphatic rings. The van der Waals surface area contributed by atoms with Gasteiger partial charge in [-0.25, -0.2) is 5.73 Å². The summed E-state index contributed by atoms with van der Waals surface area (Å²) in [6.45, 7) is 5.03. The van der Waals surface area contributed by atoms with E-state index in [1.54, 1.807) is 12.1 Å². The van der Waals surface area contributed by atoms with Crippen LogP contribution in [-0.2, 0) is 4.79 Å². The molecule has 0 heterocycles. The molecule has 0 aliphatic heterocycles. The van der Waals surface area contributed by atoms with Crippen LogP contribution in [0.2, 0.25) is 0 Å². The number of anilines is 1. The Morgan fingerprint density at radius 3 is 2.56 bits per heavy atom. The number of rotatable bonds is 11. The number of primary amides is 1. The molecule has 0 unspecified atom stereocenters. The maximum Gasteiger partial charge on any atom is 0.252 e. The van der Waals surface area contributed by atoms with Crippen LogP contribution in [0.1, 0.15) is 49.9 Å². The van der Waals surface area contributed by atoms with E-state index in [1.165, 1.54) is 6.07 Å². The summed E-state index contributed by atoms with van der Waals surface area (Å²) in [7, 11) is 0. The van der Waals surface area contributed by atoms with E-state index in [0.717, 1.165) is 19.3 Å². The average molecular weight is 349 g/mol. The topological polar surface area (TPSA) is 131 Å². The average Bonchev–Trinajstić information content (AvgIpc) is 2.54. The molecule has 7 heteroatoms. The fourth-order valence-corrected chi connectivity index (χ4v) is 2.34. The third kappa shape index (κ3) is 7.53. The zero-order chi connectivity index (χ0) is 18.8. The molecule has 0 aliphatic carbocycles. The van der Waals surface area contributed by atoms with Gasteiger partial charge in [0.1, 0.15) is 11.8 Å². The van der Waals surface area contributed by atoms with Crippen LogP contribution in [0.25, 0.3) is 0 Å². The number of ether oxygens (including phenoxy) is 1. The molecule has 0 saturated carbocycles. The molecule has 1 aromatic carbocycles. The summed E-state index contributed by atoms with van der Waals surface area (Å²) in [5.41, 5.74) is 19.3. The highest BCUT2D eigenvalue weighted by molar-refractivity contribution is 5.99. The number of nitrogens with two attached hydrogens (primary N) is 2. The number of amides is 2. The Hall–Kier alpha value is -2.12. The van der Waals surface area contributed by atoms with Gasteiger partial charge in [-0.1, -0.05) is 13.8 Å². The summed E-state index contributed by atoms with van der Waals surface area (Å²) in [4.78, 5) is 23.7. The molecule has 0 saturated heterocycles. The van der Waals surface area contributed by atoms with Gasteiger partial charge in [-0.05, 0) is 56.3 Å². The van der Waals surface area contributed by atoms with Crippen LogP contribution in [0, 0.1) is 5.92 Å². The van der Waals surface area contributed by atoms with Crippen molar-refractivity contribution in [3.8, 4) is 5.75 Å². The Morgan fingerprint density at radius 1 is 1.24 bits per heavy atom. The molecule has 1 atom stereocenters. The third-order valence-electron chi connectivity index (χ3n) is 3.64. The monoisotopic (exact) mass is 349 g/mol. The summed E-state index contributed by atoms with van der Waals surface area (Å²) < 4.78 is 5.61. The Labute approximate surface area is 149 Å². The predicted octanol–water partition coefficient (Wildman–Crippen LogP) is 1.93. The number of benzene rings is 1. The van der Waals surface area contributed by atoms with E-state index >= 15 is 0 Å². The standard InChI is InChI=1S/C18H29N4O3/c1-12(2)10-15(20)18(24)22-13-6-7-16(14(11-13)17(21)23)25-9-5-3-4-8-19/h6-7,11-12,15,20H,3-5,8-10,19H2,1-2H3,(H2,21,23)(H,22,24)/t15-/m0/s1. The second-order valence-electron chi connectivity index (χ2n) is 6.44. The number of hydrogen-bond donors (Lipinski definition) is 3. The first-order valence-electron chi connectivity index (χ1n) is 8.63. The van der Waals surface area contributed by atoms with E-state index < -0.39 is 17.9 Å². The van der Waals surface area contributed by atoms with Crippen LogP contribution in [0.5, 0.6) is 5.75 Å². The molecule has 1 aromatic rings. The van der Waals surface area contributed by atoms with Gasteiger partial charge in [0.2, 0.25) is 5.91 Å². The lowest BCUT2D eigenvalue weighted by Gasteiger charge is -2.15. The smallest absolute Gasteiger partial charge is 0.252 e. The van der Waals surface area contributed by atoms with Gasteiger partial charge in [-0.3, -0.25) is 9.59 Å². The minimum absolute atomic E-state index is 0.210. The van der Waals surface area contributed by atoms with Crippen LogP contribution >= 0.6 is 0 Å². The molecule has 2 amide bonds. The van der Waals surface area contributed by atoms with E-state index in [0.29, 0.717) is 31.0 Å². The van der Waals surface area contributed by atoms with E-state index in [-0.39, 0.29) is 11.5 Å².